The van der Waals surface area contributed by atoms with E-state index in [0.29, 0.717) is 27.2 Å². The van der Waals surface area contributed by atoms with Gasteiger partial charge in [-0.05, 0) is 34.8 Å². The molecule has 0 saturated heterocycles. The van der Waals surface area contributed by atoms with Crippen LogP contribution in [0.25, 0.3) is 0 Å². The summed E-state index contributed by atoms with van der Waals surface area (Å²) in [6.07, 6.45) is 0. The summed E-state index contributed by atoms with van der Waals surface area (Å²) in [6, 6.07) is 4.42. The van der Waals surface area contributed by atoms with Crippen molar-refractivity contribution in [3.63, 3.8) is 0 Å². The van der Waals surface area contributed by atoms with Crippen LogP contribution in [-0.4, -0.2) is 22.4 Å². The molecule has 0 bridgehead atoms. The number of sulfonamides is 1. The summed E-state index contributed by atoms with van der Waals surface area (Å²) < 4.78 is 26.9. The van der Waals surface area contributed by atoms with Crippen LogP contribution in [0.2, 0.25) is 21.6 Å². The van der Waals surface area contributed by atoms with E-state index in [9.17, 15) is 13.2 Å². The number of nitrogens with one attached hydrogen (secondary N) is 1. The first-order valence-electron chi connectivity index (χ1n) is 8.70. The third-order valence-corrected chi connectivity index (χ3v) is 12.8. The van der Waals surface area contributed by atoms with Crippen molar-refractivity contribution < 1.29 is 13.2 Å². The summed E-state index contributed by atoms with van der Waals surface area (Å²) >= 11 is 6.07. The van der Waals surface area contributed by atoms with Gasteiger partial charge in [-0.3, -0.25) is 4.79 Å². The van der Waals surface area contributed by atoms with Gasteiger partial charge in [-0.25, -0.2) is 13.1 Å². The van der Waals surface area contributed by atoms with Crippen molar-refractivity contribution in [1.82, 2.24) is 4.72 Å². The summed E-state index contributed by atoms with van der Waals surface area (Å²) in [7, 11) is -6.01. The van der Waals surface area contributed by atoms with E-state index in [1.54, 1.807) is 6.07 Å². The minimum atomic E-state index is -3.98. The zero-order valence-corrected chi connectivity index (χ0v) is 19.0. The molecule has 1 aromatic carbocycles. The molecule has 0 aromatic heterocycles. The van der Waals surface area contributed by atoms with Crippen molar-refractivity contribution in [2.75, 3.05) is 0 Å². The molecule has 0 aliphatic rings. The van der Waals surface area contributed by atoms with Crippen molar-refractivity contribution in [2.45, 2.75) is 70.0 Å². The van der Waals surface area contributed by atoms with E-state index in [2.05, 4.69) is 53.0 Å². The molecule has 0 unspecified atom stereocenters. The van der Waals surface area contributed by atoms with Gasteiger partial charge >= 0.3 is 0 Å². The third-order valence-electron chi connectivity index (χ3n) is 4.79. The molecule has 1 N–H and O–H groups in total. The maximum atomic E-state index is 12.5. The molecule has 144 valence electrons. The van der Waals surface area contributed by atoms with Crippen molar-refractivity contribution >= 4 is 35.6 Å². The van der Waals surface area contributed by atoms with Crippen molar-refractivity contribution in [1.29, 1.82) is 0 Å². The van der Waals surface area contributed by atoms with Gasteiger partial charge < -0.3 is 0 Å². The van der Waals surface area contributed by atoms with Gasteiger partial charge in [0.2, 0.25) is 5.91 Å². The Balaban J connectivity index is 3.63. The van der Waals surface area contributed by atoms with E-state index >= 15 is 0 Å². The van der Waals surface area contributed by atoms with Gasteiger partial charge in [-0.15, -0.1) is 5.54 Å². The lowest BCUT2D eigenvalue weighted by atomic mass is 10.2. The van der Waals surface area contributed by atoms with Crippen LogP contribution in [0.3, 0.4) is 0 Å². The first kappa shape index (κ1) is 22.7. The minimum absolute atomic E-state index is 0.0243. The van der Waals surface area contributed by atoms with Crippen LogP contribution in [-0.2, 0) is 14.8 Å². The predicted octanol–water partition coefficient (Wildman–Crippen LogP) is 4.73. The zero-order chi connectivity index (χ0) is 20.3. The van der Waals surface area contributed by atoms with Crippen LogP contribution in [0.1, 0.15) is 54.0 Å². The number of hydrogen-bond donors (Lipinski definition) is 1. The number of benzene rings is 1. The molecule has 0 spiro atoms. The van der Waals surface area contributed by atoms with Gasteiger partial charge in [0, 0.05) is 17.5 Å². The summed E-state index contributed by atoms with van der Waals surface area (Å²) in [6.45, 7) is 14.3. The second-order valence-electron chi connectivity index (χ2n) is 7.45. The van der Waals surface area contributed by atoms with Crippen molar-refractivity contribution in [2.24, 2.45) is 0 Å². The average Bonchev–Trinajstić information content (AvgIpc) is 2.44. The van der Waals surface area contributed by atoms with Gasteiger partial charge in [-0.2, -0.15) is 0 Å². The van der Waals surface area contributed by atoms with E-state index in [0.717, 1.165) is 6.92 Å². The fourth-order valence-corrected chi connectivity index (χ4v) is 10.2. The molecule has 0 fully saturated rings. The fourth-order valence-electron chi connectivity index (χ4n) is 3.69. The Labute approximate surface area is 163 Å². The smallest absolute Gasteiger partial charge is 0.265 e. The maximum absolute atomic E-state index is 12.5. The van der Waals surface area contributed by atoms with Gasteiger partial charge in [0.25, 0.3) is 10.0 Å². The van der Waals surface area contributed by atoms with Crippen LogP contribution >= 0.6 is 11.6 Å². The van der Waals surface area contributed by atoms with Gasteiger partial charge in [-0.1, -0.05) is 59.1 Å². The second-order valence-corrected chi connectivity index (χ2v) is 15.1. The molecule has 0 aliphatic carbocycles. The molecule has 4 nitrogen and oxygen atoms in total. The Kier molecular flexibility index (Phi) is 7.52. The first-order chi connectivity index (χ1) is 11.8. The van der Waals surface area contributed by atoms with E-state index in [4.69, 9.17) is 11.6 Å². The summed E-state index contributed by atoms with van der Waals surface area (Å²) in [5.74, 6) is 2.47. The molecule has 1 amide bonds. The Morgan fingerprint density at radius 2 is 1.58 bits per heavy atom. The maximum Gasteiger partial charge on any atom is 0.265 e. The Morgan fingerprint density at radius 3 is 2.00 bits per heavy atom. The highest BCUT2D eigenvalue weighted by atomic mass is 35.5. The van der Waals surface area contributed by atoms with Gasteiger partial charge in [0.05, 0.1) is 0 Å². The molecule has 1 rings (SSSR count). The highest BCUT2D eigenvalue weighted by molar-refractivity contribution is 7.90. The third kappa shape index (κ3) is 4.90. The van der Waals surface area contributed by atoms with Crippen LogP contribution in [0, 0.1) is 11.5 Å². The highest BCUT2D eigenvalue weighted by Crippen LogP contribution is 2.40. The number of amides is 1. The van der Waals surface area contributed by atoms with Crippen molar-refractivity contribution in [3.8, 4) is 11.5 Å². The highest BCUT2D eigenvalue weighted by Gasteiger charge is 2.41. The number of carbonyl (C=O) groups is 1. The molecule has 0 heterocycles. The molecule has 0 aliphatic heterocycles. The number of rotatable bonds is 5. The molecule has 0 radical (unpaired) electrons. The van der Waals surface area contributed by atoms with Gasteiger partial charge in [0.1, 0.15) is 13.0 Å². The van der Waals surface area contributed by atoms with E-state index < -0.39 is 24.0 Å². The Hall–Kier alpha value is -1.29. The van der Waals surface area contributed by atoms with E-state index in [1.807, 2.05) is 4.72 Å². The molecule has 0 saturated carbocycles. The SMILES string of the molecule is CC(=O)NS(=O)(=O)c1ccc(Cl)cc1C#C[Si](C(C)C)(C(C)C)C(C)C. The van der Waals surface area contributed by atoms with Crippen LogP contribution < -0.4 is 4.72 Å². The number of halogens is 1. The summed E-state index contributed by atoms with van der Waals surface area (Å²) in [5.41, 5.74) is 5.08. The molecule has 7 heteroatoms. The Bertz CT molecular complexity index is 814. The number of hydrogen-bond acceptors (Lipinski definition) is 3. The lowest BCUT2D eigenvalue weighted by Crippen LogP contribution is -2.43. The number of carbonyl (C=O) groups excluding carboxylic acids is 1. The molecular formula is C19H28ClNO3SSi. The fraction of sp³-hybridized carbons (Fsp3) is 0.526. The minimum Gasteiger partial charge on any atom is -0.274 e. The van der Waals surface area contributed by atoms with E-state index in [1.165, 1.54) is 12.1 Å². The predicted molar refractivity (Wildman–Crippen MR) is 110 cm³/mol. The largest absolute Gasteiger partial charge is 0.274 e. The van der Waals surface area contributed by atoms with Crippen LogP contribution in [0.15, 0.2) is 23.1 Å². The molecule has 1 aromatic rings. The summed E-state index contributed by atoms with van der Waals surface area (Å²) in [5, 5.41) is 0.405. The topological polar surface area (TPSA) is 63.2 Å². The molecule has 0 atom stereocenters. The Morgan fingerprint density at radius 1 is 1.08 bits per heavy atom. The first-order valence-corrected chi connectivity index (χ1v) is 12.8. The van der Waals surface area contributed by atoms with E-state index in [-0.39, 0.29) is 4.90 Å². The van der Waals surface area contributed by atoms with Crippen LogP contribution in [0.4, 0.5) is 0 Å². The standard InChI is InChI=1S/C19H28ClNO3SSi/c1-13(2)26(14(3)4,15(5)6)11-10-17-12-18(20)8-9-19(17)25(23,24)21-16(7)22/h8-9,12-15H,1-7H3,(H,21,22). The lowest BCUT2D eigenvalue weighted by molar-refractivity contribution is -0.117. The second kappa shape index (κ2) is 8.60. The monoisotopic (exact) mass is 413 g/mol. The van der Waals surface area contributed by atoms with Gasteiger partial charge in [0.15, 0.2) is 0 Å². The molecule has 26 heavy (non-hydrogen) atoms. The quantitative estimate of drug-likeness (QED) is 0.560. The molecular weight excluding hydrogens is 386 g/mol. The lowest BCUT2D eigenvalue weighted by Gasteiger charge is -2.38. The average molecular weight is 414 g/mol. The normalized spacial score (nSPS) is 12.3. The van der Waals surface area contributed by atoms with Crippen LogP contribution in [0.5, 0.6) is 0 Å². The summed E-state index contributed by atoms with van der Waals surface area (Å²) in [4.78, 5) is 11.2. The zero-order valence-electron chi connectivity index (χ0n) is 16.5. The van der Waals surface area contributed by atoms with Crippen molar-refractivity contribution in [3.05, 3.63) is 28.8 Å².